The third kappa shape index (κ3) is 4.40. The number of hydrogen-bond donors (Lipinski definition) is 1. The largest absolute Gasteiger partial charge is 0.321 e. The van der Waals surface area contributed by atoms with E-state index >= 15 is 0 Å². The van der Waals surface area contributed by atoms with Crippen LogP contribution in [-0.2, 0) is 6.54 Å². The second-order valence-electron chi connectivity index (χ2n) is 6.19. The van der Waals surface area contributed by atoms with Gasteiger partial charge in [-0.2, -0.15) is 0 Å². The molecule has 1 amide bonds. The molecule has 1 aliphatic rings. The molecule has 0 aliphatic carbocycles. The van der Waals surface area contributed by atoms with E-state index in [0.29, 0.717) is 5.56 Å². The molecule has 4 heteroatoms. The summed E-state index contributed by atoms with van der Waals surface area (Å²) >= 11 is 1.63. The van der Waals surface area contributed by atoms with E-state index in [0.717, 1.165) is 17.1 Å². The van der Waals surface area contributed by atoms with E-state index < -0.39 is 0 Å². The number of piperidine rings is 1. The maximum absolute atomic E-state index is 12.5. The number of para-hydroxylation sites is 1. The van der Waals surface area contributed by atoms with Gasteiger partial charge in [0.05, 0.1) is 5.69 Å². The van der Waals surface area contributed by atoms with Crippen LogP contribution in [-0.4, -0.2) is 30.2 Å². The van der Waals surface area contributed by atoms with Crippen LogP contribution in [0, 0.1) is 0 Å². The number of rotatable bonds is 5. The third-order valence-corrected chi connectivity index (χ3v) is 5.22. The van der Waals surface area contributed by atoms with E-state index in [1.54, 1.807) is 11.8 Å². The molecule has 0 atom stereocenters. The zero-order chi connectivity index (χ0) is 16.8. The van der Waals surface area contributed by atoms with Crippen LogP contribution >= 0.6 is 11.8 Å². The van der Waals surface area contributed by atoms with Crippen molar-refractivity contribution >= 4 is 23.4 Å². The van der Waals surface area contributed by atoms with Gasteiger partial charge in [-0.25, -0.2) is 0 Å². The summed E-state index contributed by atoms with van der Waals surface area (Å²) in [7, 11) is 0. The summed E-state index contributed by atoms with van der Waals surface area (Å²) in [5.41, 5.74) is 2.85. The first kappa shape index (κ1) is 17.1. The van der Waals surface area contributed by atoms with Gasteiger partial charge in [-0.05, 0) is 62.0 Å². The van der Waals surface area contributed by atoms with E-state index in [2.05, 4.69) is 22.3 Å². The van der Waals surface area contributed by atoms with Crippen molar-refractivity contribution in [3.8, 4) is 0 Å². The van der Waals surface area contributed by atoms with E-state index in [4.69, 9.17) is 0 Å². The highest BCUT2D eigenvalue weighted by Crippen LogP contribution is 2.25. The molecular formula is C20H24N2OS. The van der Waals surface area contributed by atoms with Crippen molar-refractivity contribution in [1.82, 2.24) is 4.90 Å². The second-order valence-corrected chi connectivity index (χ2v) is 7.04. The molecule has 1 N–H and O–H groups in total. The molecule has 1 fully saturated rings. The summed E-state index contributed by atoms with van der Waals surface area (Å²) in [5, 5.41) is 3.01. The Kier molecular flexibility index (Phi) is 5.94. The summed E-state index contributed by atoms with van der Waals surface area (Å²) in [6.45, 7) is 3.36. The molecule has 0 bridgehead atoms. The first-order chi connectivity index (χ1) is 11.8. The van der Waals surface area contributed by atoms with Gasteiger partial charge in [0.2, 0.25) is 0 Å². The van der Waals surface area contributed by atoms with E-state index in [1.165, 1.54) is 37.9 Å². The standard InChI is InChI=1S/C20H24N2OS/c1-24-19-8-4-3-7-18(19)21-20(23)17-11-9-16(10-12-17)15-22-13-5-2-6-14-22/h3-4,7-12H,2,5-6,13-15H2,1H3,(H,21,23). The normalized spacial score (nSPS) is 15.2. The Hall–Kier alpha value is -1.78. The number of nitrogens with zero attached hydrogens (tertiary/aromatic N) is 1. The van der Waals surface area contributed by atoms with Crippen molar-refractivity contribution in [2.24, 2.45) is 0 Å². The number of thioether (sulfide) groups is 1. The maximum atomic E-state index is 12.5. The third-order valence-electron chi connectivity index (χ3n) is 4.43. The number of benzene rings is 2. The van der Waals surface area contributed by atoms with Crippen molar-refractivity contribution in [3.05, 3.63) is 59.7 Å². The van der Waals surface area contributed by atoms with Gasteiger partial charge in [0.1, 0.15) is 0 Å². The summed E-state index contributed by atoms with van der Waals surface area (Å²) in [6.07, 6.45) is 5.97. The number of anilines is 1. The number of hydrogen-bond acceptors (Lipinski definition) is 3. The number of amides is 1. The van der Waals surface area contributed by atoms with Gasteiger partial charge in [0.15, 0.2) is 0 Å². The lowest BCUT2D eigenvalue weighted by Crippen LogP contribution is -2.29. The van der Waals surface area contributed by atoms with Gasteiger partial charge in [-0.1, -0.05) is 30.7 Å². The van der Waals surface area contributed by atoms with Gasteiger partial charge in [0.25, 0.3) is 5.91 Å². The van der Waals surface area contributed by atoms with Crippen molar-refractivity contribution in [3.63, 3.8) is 0 Å². The highest BCUT2D eigenvalue weighted by atomic mass is 32.2. The lowest BCUT2D eigenvalue weighted by Gasteiger charge is -2.26. The van der Waals surface area contributed by atoms with Crippen LogP contribution in [0.25, 0.3) is 0 Å². The molecular weight excluding hydrogens is 316 g/mol. The predicted octanol–water partition coefficient (Wildman–Crippen LogP) is 4.65. The predicted molar refractivity (Wildman–Crippen MR) is 102 cm³/mol. The lowest BCUT2D eigenvalue weighted by atomic mass is 10.1. The molecule has 1 aliphatic heterocycles. The highest BCUT2D eigenvalue weighted by Gasteiger charge is 2.12. The fraction of sp³-hybridized carbons (Fsp3) is 0.350. The molecule has 0 spiro atoms. The lowest BCUT2D eigenvalue weighted by molar-refractivity contribution is 0.102. The number of carbonyl (C=O) groups excluding carboxylic acids is 1. The number of likely N-dealkylation sites (tertiary alicyclic amines) is 1. The van der Waals surface area contributed by atoms with Crippen LogP contribution in [0.4, 0.5) is 5.69 Å². The number of nitrogens with one attached hydrogen (secondary N) is 1. The fourth-order valence-electron chi connectivity index (χ4n) is 3.08. The summed E-state index contributed by atoms with van der Waals surface area (Å²) in [6, 6.07) is 15.9. The molecule has 2 aromatic carbocycles. The zero-order valence-electron chi connectivity index (χ0n) is 14.1. The Labute approximate surface area is 148 Å². The SMILES string of the molecule is CSc1ccccc1NC(=O)c1ccc(CN2CCCCC2)cc1. The topological polar surface area (TPSA) is 32.3 Å². The molecule has 126 valence electrons. The van der Waals surface area contributed by atoms with Gasteiger partial charge < -0.3 is 5.32 Å². The molecule has 24 heavy (non-hydrogen) atoms. The van der Waals surface area contributed by atoms with Crippen LogP contribution in [0.1, 0.15) is 35.2 Å². The van der Waals surface area contributed by atoms with Gasteiger partial charge in [-0.15, -0.1) is 11.8 Å². The van der Waals surface area contributed by atoms with E-state index in [1.807, 2.05) is 42.7 Å². The zero-order valence-corrected chi connectivity index (χ0v) is 14.9. The minimum Gasteiger partial charge on any atom is -0.321 e. The van der Waals surface area contributed by atoms with Crippen LogP contribution in [0.5, 0.6) is 0 Å². The molecule has 0 saturated carbocycles. The molecule has 2 aromatic rings. The van der Waals surface area contributed by atoms with Crippen LogP contribution in [0.15, 0.2) is 53.4 Å². The smallest absolute Gasteiger partial charge is 0.255 e. The Morgan fingerprint density at radius 1 is 1.04 bits per heavy atom. The van der Waals surface area contributed by atoms with Gasteiger partial charge >= 0.3 is 0 Å². The number of carbonyl (C=O) groups is 1. The maximum Gasteiger partial charge on any atom is 0.255 e. The average molecular weight is 340 g/mol. The molecule has 0 radical (unpaired) electrons. The Balaban J connectivity index is 1.63. The van der Waals surface area contributed by atoms with Gasteiger partial charge in [-0.3, -0.25) is 9.69 Å². The van der Waals surface area contributed by atoms with Crippen LogP contribution in [0.3, 0.4) is 0 Å². The molecule has 1 heterocycles. The Bertz CT molecular complexity index is 678. The minimum absolute atomic E-state index is 0.0546. The minimum atomic E-state index is -0.0546. The molecule has 3 rings (SSSR count). The molecule has 0 aromatic heterocycles. The van der Waals surface area contributed by atoms with Crippen LogP contribution < -0.4 is 5.32 Å². The second kappa shape index (κ2) is 8.36. The first-order valence-electron chi connectivity index (χ1n) is 8.52. The van der Waals surface area contributed by atoms with Crippen molar-refractivity contribution in [1.29, 1.82) is 0 Å². The molecule has 3 nitrogen and oxygen atoms in total. The Morgan fingerprint density at radius 2 is 1.75 bits per heavy atom. The van der Waals surface area contributed by atoms with E-state index in [-0.39, 0.29) is 5.91 Å². The van der Waals surface area contributed by atoms with Gasteiger partial charge in [0, 0.05) is 17.0 Å². The van der Waals surface area contributed by atoms with Crippen molar-refractivity contribution < 1.29 is 4.79 Å². The van der Waals surface area contributed by atoms with Crippen LogP contribution in [0.2, 0.25) is 0 Å². The molecule has 0 unspecified atom stereocenters. The first-order valence-corrected chi connectivity index (χ1v) is 9.74. The summed E-state index contributed by atoms with van der Waals surface area (Å²) in [4.78, 5) is 16.0. The van der Waals surface area contributed by atoms with Crippen molar-refractivity contribution in [2.45, 2.75) is 30.7 Å². The highest BCUT2D eigenvalue weighted by molar-refractivity contribution is 7.98. The average Bonchev–Trinajstić information content (AvgIpc) is 2.63. The monoisotopic (exact) mass is 340 g/mol. The quantitative estimate of drug-likeness (QED) is 0.804. The fourth-order valence-corrected chi connectivity index (χ4v) is 3.63. The summed E-state index contributed by atoms with van der Waals surface area (Å²) < 4.78 is 0. The summed E-state index contributed by atoms with van der Waals surface area (Å²) in [5.74, 6) is -0.0546. The molecule has 1 saturated heterocycles. The van der Waals surface area contributed by atoms with E-state index in [9.17, 15) is 4.79 Å². The van der Waals surface area contributed by atoms with Crippen molar-refractivity contribution in [2.75, 3.05) is 24.7 Å². The Morgan fingerprint density at radius 3 is 2.46 bits per heavy atom.